The number of pyridine rings is 1. The second-order valence-corrected chi connectivity index (χ2v) is 5.06. The number of rotatable bonds is 1. The van der Waals surface area contributed by atoms with Crippen LogP contribution in [0.4, 0.5) is 0 Å². The van der Waals surface area contributed by atoms with Crippen molar-refractivity contribution in [1.82, 2.24) is 4.98 Å². The number of aromatic amines is 1. The van der Waals surface area contributed by atoms with Crippen molar-refractivity contribution in [2.24, 2.45) is 0 Å². The minimum atomic E-state index is -0.501. The van der Waals surface area contributed by atoms with E-state index >= 15 is 0 Å². The fourth-order valence-electron chi connectivity index (χ4n) is 1.57. The van der Waals surface area contributed by atoms with Crippen LogP contribution in [0.25, 0.3) is 0 Å². The Morgan fingerprint density at radius 2 is 1.56 bits per heavy atom. The van der Waals surface area contributed by atoms with Gasteiger partial charge in [-0.1, -0.05) is 19.9 Å². The molecule has 2 heterocycles. The van der Waals surface area contributed by atoms with Gasteiger partial charge in [-0.25, -0.2) is 0 Å². The highest BCUT2D eigenvalue weighted by Crippen LogP contribution is 2.36. The Morgan fingerprint density at radius 3 is 2.00 bits per heavy atom. The van der Waals surface area contributed by atoms with Crippen molar-refractivity contribution < 1.29 is 9.31 Å². The Labute approximate surface area is 109 Å². The van der Waals surface area contributed by atoms with Crippen molar-refractivity contribution in [1.29, 1.82) is 0 Å². The van der Waals surface area contributed by atoms with Crippen LogP contribution in [0.3, 0.4) is 0 Å². The molecule has 0 atom stereocenters. The van der Waals surface area contributed by atoms with E-state index < -0.39 is 7.12 Å². The SMILES string of the molecule is CC.CC1(C)OB(c2cccc(=O)[nH]2)OC1(C)C. The van der Waals surface area contributed by atoms with Gasteiger partial charge >= 0.3 is 7.12 Å². The predicted molar refractivity (Wildman–Crippen MR) is 74.1 cm³/mol. The minimum Gasteiger partial charge on any atom is -0.398 e. The number of hydrogen-bond acceptors (Lipinski definition) is 3. The van der Waals surface area contributed by atoms with Gasteiger partial charge in [-0.3, -0.25) is 4.79 Å². The first kappa shape index (κ1) is 15.0. The third kappa shape index (κ3) is 2.84. The van der Waals surface area contributed by atoms with Gasteiger partial charge in [0.1, 0.15) is 0 Å². The zero-order chi connectivity index (χ0) is 14.0. The lowest BCUT2D eigenvalue weighted by molar-refractivity contribution is 0.00578. The van der Waals surface area contributed by atoms with Crippen molar-refractivity contribution in [2.45, 2.75) is 52.7 Å². The maximum atomic E-state index is 11.2. The molecule has 1 N–H and O–H groups in total. The van der Waals surface area contributed by atoms with Crippen LogP contribution in [-0.2, 0) is 9.31 Å². The Bertz CT molecular complexity index is 438. The van der Waals surface area contributed by atoms with E-state index in [1.54, 1.807) is 12.1 Å². The molecule has 0 radical (unpaired) electrons. The molecule has 1 aromatic heterocycles. The van der Waals surface area contributed by atoms with Crippen LogP contribution >= 0.6 is 0 Å². The normalized spacial score (nSPS) is 20.2. The highest BCUT2D eigenvalue weighted by atomic mass is 16.7. The van der Waals surface area contributed by atoms with E-state index in [-0.39, 0.29) is 16.8 Å². The van der Waals surface area contributed by atoms with Gasteiger partial charge < -0.3 is 14.3 Å². The predicted octanol–water partition coefficient (Wildman–Crippen LogP) is 1.70. The molecule has 5 heteroatoms. The van der Waals surface area contributed by atoms with Crippen molar-refractivity contribution in [3.63, 3.8) is 0 Å². The molecule has 0 spiro atoms. The molecule has 0 amide bonds. The van der Waals surface area contributed by atoms with Gasteiger partial charge in [0.05, 0.1) is 11.2 Å². The number of hydrogen-bond donors (Lipinski definition) is 1. The lowest BCUT2D eigenvalue weighted by Gasteiger charge is -2.32. The van der Waals surface area contributed by atoms with Gasteiger partial charge in [0.25, 0.3) is 0 Å². The summed E-state index contributed by atoms with van der Waals surface area (Å²) in [6, 6.07) is 4.96. The third-order valence-electron chi connectivity index (χ3n) is 3.30. The maximum absolute atomic E-state index is 11.2. The van der Waals surface area contributed by atoms with Crippen LogP contribution in [0.15, 0.2) is 23.0 Å². The van der Waals surface area contributed by atoms with Crippen molar-refractivity contribution in [3.8, 4) is 0 Å². The Balaban J connectivity index is 0.000000771. The lowest BCUT2D eigenvalue weighted by atomic mass is 9.84. The van der Waals surface area contributed by atoms with Gasteiger partial charge in [0.2, 0.25) is 5.56 Å². The first-order valence-electron chi connectivity index (χ1n) is 6.37. The monoisotopic (exact) mass is 251 g/mol. The molecule has 1 aliphatic rings. The molecule has 0 aromatic carbocycles. The summed E-state index contributed by atoms with van der Waals surface area (Å²) < 4.78 is 11.6. The molecule has 0 bridgehead atoms. The van der Waals surface area contributed by atoms with Crippen molar-refractivity contribution in [3.05, 3.63) is 28.6 Å². The number of aromatic nitrogens is 1. The van der Waals surface area contributed by atoms with Gasteiger partial charge in [-0.15, -0.1) is 0 Å². The molecule has 2 rings (SSSR count). The van der Waals surface area contributed by atoms with Gasteiger partial charge in [0.15, 0.2) is 0 Å². The van der Waals surface area contributed by atoms with Gasteiger partial charge in [0, 0.05) is 11.7 Å². The summed E-state index contributed by atoms with van der Waals surface area (Å²) in [6.45, 7) is 11.9. The summed E-state index contributed by atoms with van der Waals surface area (Å²) in [6.07, 6.45) is 0. The van der Waals surface area contributed by atoms with Crippen LogP contribution < -0.4 is 11.2 Å². The molecule has 100 valence electrons. The largest absolute Gasteiger partial charge is 0.512 e. The number of H-pyrrole nitrogens is 1. The average Bonchev–Trinajstić information content (AvgIpc) is 2.51. The van der Waals surface area contributed by atoms with E-state index in [1.807, 2.05) is 41.5 Å². The molecule has 0 unspecified atom stereocenters. The maximum Gasteiger partial charge on any atom is 0.512 e. The summed E-state index contributed by atoms with van der Waals surface area (Å²) in [7, 11) is -0.501. The molecule has 0 aliphatic carbocycles. The molecular formula is C13H22BNO3. The van der Waals surface area contributed by atoms with Crippen LogP contribution in [0.5, 0.6) is 0 Å². The average molecular weight is 251 g/mol. The van der Waals surface area contributed by atoms with Crippen molar-refractivity contribution >= 4 is 12.7 Å². The highest BCUT2D eigenvalue weighted by Gasteiger charge is 2.52. The second kappa shape index (κ2) is 5.28. The highest BCUT2D eigenvalue weighted by molar-refractivity contribution is 6.61. The van der Waals surface area contributed by atoms with Gasteiger partial charge in [-0.2, -0.15) is 0 Å². The topological polar surface area (TPSA) is 51.3 Å². The van der Waals surface area contributed by atoms with E-state index in [1.165, 1.54) is 6.07 Å². The van der Waals surface area contributed by atoms with Crippen LogP contribution in [0, 0.1) is 0 Å². The third-order valence-corrected chi connectivity index (χ3v) is 3.30. The van der Waals surface area contributed by atoms with Gasteiger partial charge in [-0.05, 0) is 33.8 Å². The molecule has 4 nitrogen and oxygen atoms in total. The standard InChI is InChI=1S/C11H16BNO3.C2H6/c1-10(2)11(3,4)16-12(15-10)8-6-5-7-9(14)13-8;1-2/h5-7H,1-4H3,(H,13,14);1-2H3. The van der Waals surface area contributed by atoms with E-state index in [0.717, 1.165) is 0 Å². The number of nitrogens with one attached hydrogen (secondary N) is 1. The van der Waals surface area contributed by atoms with Crippen LogP contribution in [-0.4, -0.2) is 23.3 Å². The molecule has 0 saturated carbocycles. The van der Waals surface area contributed by atoms with Crippen LogP contribution in [0.2, 0.25) is 0 Å². The fourth-order valence-corrected chi connectivity index (χ4v) is 1.57. The molecule has 1 saturated heterocycles. The molecule has 1 aliphatic heterocycles. The van der Waals surface area contributed by atoms with E-state index in [4.69, 9.17) is 9.31 Å². The molecule has 18 heavy (non-hydrogen) atoms. The summed E-state index contributed by atoms with van der Waals surface area (Å²) in [4.78, 5) is 13.9. The first-order valence-corrected chi connectivity index (χ1v) is 6.37. The van der Waals surface area contributed by atoms with E-state index in [9.17, 15) is 4.79 Å². The smallest absolute Gasteiger partial charge is 0.398 e. The van der Waals surface area contributed by atoms with Crippen molar-refractivity contribution in [2.75, 3.05) is 0 Å². The zero-order valence-electron chi connectivity index (χ0n) is 12.0. The van der Waals surface area contributed by atoms with E-state index in [2.05, 4.69) is 4.98 Å². The molecule has 1 fully saturated rings. The molecular weight excluding hydrogens is 229 g/mol. The molecule has 1 aromatic rings. The second-order valence-electron chi connectivity index (χ2n) is 5.06. The summed E-state index contributed by atoms with van der Waals surface area (Å²) in [5.41, 5.74) is -0.257. The summed E-state index contributed by atoms with van der Waals surface area (Å²) in [5.74, 6) is 0. The van der Waals surface area contributed by atoms with Crippen LogP contribution in [0.1, 0.15) is 41.5 Å². The summed E-state index contributed by atoms with van der Waals surface area (Å²) in [5, 5.41) is 0. The Morgan fingerprint density at radius 1 is 1.06 bits per heavy atom. The zero-order valence-corrected chi connectivity index (χ0v) is 12.0. The minimum absolute atomic E-state index is 0.146. The Hall–Kier alpha value is -1.07. The summed E-state index contributed by atoms with van der Waals surface area (Å²) >= 11 is 0. The first-order chi connectivity index (χ1) is 8.32. The fraction of sp³-hybridized carbons (Fsp3) is 0.615. The Kier molecular flexibility index (Phi) is 4.40. The quantitative estimate of drug-likeness (QED) is 0.773. The lowest BCUT2D eigenvalue weighted by Crippen LogP contribution is -2.41. The van der Waals surface area contributed by atoms with E-state index in [0.29, 0.717) is 5.59 Å².